The Morgan fingerprint density at radius 1 is 1.22 bits per heavy atom. The number of aliphatic hydroxyl groups excluding tert-OH is 1. The van der Waals surface area contributed by atoms with Gasteiger partial charge in [0.05, 0.1) is 28.3 Å². The normalized spacial score (nSPS) is 21.0. The summed E-state index contributed by atoms with van der Waals surface area (Å²) in [6, 6.07) is 8.59. The van der Waals surface area contributed by atoms with E-state index in [4.69, 9.17) is 8.92 Å². The molecule has 1 saturated heterocycles. The first-order valence-corrected chi connectivity index (χ1v) is 16.2. The molecule has 1 aliphatic heterocycles. The molecular weight excluding hydrogens is 587 g/mol. The molecule has 0 aromatic heterocycles. The van der Waals surface area contributed by atoms with Crippen molar-refractivity contribution >= 4 is 36.3 Å². The molecule has 6 nitrogen and oxygen atoms in total. The number of benzene rings is 1. The van der Waals surface area contributed by atoms with Crippen LogP contribution in [0.15, 0.2) is 24.3 Å². The molecule has 1 fully saturated rings. The van der Waals surface area contributed by atoms with Gasteiger partial charge < -0.3 is 19.3 Å². The number of halogens is 1. The van der Waals surface area contributed by atoms with E-state index >= 15 is 0 Å². The minimum absolute atomic E-state index is 0.0141. The van der Waals surface area contributed by atoms with E-state index in [0.717, 1.165) is 12.0 Å². The van der Waals surface area contributed by atoms with Crippen LogP contribution in [0.2, 0.25) is 0 Å². The maximum Gasteiger partial charge on any atom is 0.224 e. The third kappa shape index (κ3) is 11.7. The predicted molar refractivity (Wildman–Crippen MR) is 163 cm³/mol. The number of aliphatic hydroxyl groups is 1. The Labute approximate surface area is 237 Å². The second kappa shape index (κ2) is 22.2. The molecule has 1 heterocycles. The van der Waals surface area contributed by atoms with Crippen molar-refractivity contribution in [2.75, 3.05) is 20.3 Å². The quantitative estimate of drug-likeness (QED) is 0.161. The standard InChI is InChI=1S/C22H35IN2O4S.2C2H6.C2H2/c1-6-28-13-15(3)25-19(21(22(25)27)16(4)29-30-23)10-14(2)18-9-7-8-17(11-18)12-20(26)24-5;3*1-2/h7-9,11,14-16,19,21-22,27H,6,10,12-13H2,1-5H3,(H,24,26);2*1-2H3;1-2H/t14?,15?,16?,19?,21-,22?;;;/m1.../s1. The molecule has 6 atom stereocenters. The van der Waals surface area contributed by atoms with Gasteiger partial charge in [0.25, 0.3) is 0 Å². The van der Waals surface area contributed by atoms with Gasteiger partial charge in [-0.25, -0.2) is 0 Å². The highest BCUT2D eigenvalue weighted by Gasteiger charge is 2.52. The third-order valence-electron chi connectivity index (χ3n) is 6.04. The molecule has 1 amide bonds. The Morgan fingerprint density at radius 3 is 2.36 bits per heavy atom. The van der Waals surface area contributed by atoms with Gasteiger partial charge in [0, 0.05) is 52.9 Å². The largest absolute Gasteiger partial charge is 0.380 e. The Hall–Kier alpha value is -0.830. The number of ether oxygens (including phenoxy) is 1. The number of nitrogens with zero attached hydrogens (tertiary/aromatic N) is 1. The molecule has 1 aromatic rings. The topological polar surface area (TPSA) is 71.0 Å². The number of amides is 1. The molecule has 36 heavy (non-hydrogen) atoms. The van der Waals surface area contributed by atoms with Gasteiger partial charge in [-0.1, -0.05) is 58.9 Å². The van der Waals surface area contributed by atoms with E-state index in [0.29, 0.717) is 19.6 Å². The highest BCUT2D eigenvalue weighted by Crippen LogP contribution is 2.42. The van der Waals surface area contributed by atoms with E-state index in [1.165, 1.54) is 14.8 Å². The zero-order valence-electron chi connectivity index (χ0n) is 23.7. The zero-order chi connectivity index (χ0) is 28.3. The molecule has 8 heteroatoms. The van der Waals surface area contributed by atoms with Crippen LogP contribution in [-0.4, -0.2) is 60.6 Å². The molecule has 0 bridgehead atoms. The minimum Gasteiger partial charge on any atom is -0.380 e. The van der Waals surface area contributed by atoms with Gasteiger partial charge in [0.1, 0.15) is 6.23 Å². The average molecular weight is 637 g/mol. The molecule has 0 spiro atoms. The minimum atomic E-state index is -0.532. The smallest absolute Gasteiger partial charge is 0.224 e. The van der Waals surface area contributed by atoms with Crippen molar-refractivity contribution in [3.63, 3.8) is 0 Å². The lowest BCUT2D eigenvalue weighted by Crippen LogP contribution is -2.70. The number of terminal acetylenes is 1. The van der Waals surface area contributed by atoms with Crippen molar-refractivity contribution < 1.29 is 18.8 Å². The Bertz CT molecular complexity index is 722. The van der Waals surface area contributed by atoms with Crippen molar-refractivity contribution in [3.8, 4) is 12.8 Å². The van der Waals surface area contributed by atoms with Crippen LogP contribution in [0.5, 0.6) is 0 Å². The van der Waals surface area contributed by atoms with Crippen LogP contribution in [-0.2, 0) is 20.1 Å². The SMILES string of the molecule is C#C.CC.CC.CCOCC(C)N1C(O)[C@H](C(C)OSI)C1CC(C)c1cccc(CC(=O)NC)c1. The van der Waals surface area contributed by atoms with Crippen LogP contribution in [0.1, 0.15) is 78.9 Å². The number of likely N-dealkylation sites (N-methyl/N-ethyl adjacent to an activating group) is 1. The third-order valence-corrected chi connectivity index (χ3v) is 7.04. The lowest BCUT2D eigenvalue weighted by Gasteiger charge is -2.57. The molecule has 208 valence electrons. The first-order valence-electron chi connectivity index (χ1n) is 12.9. The van der Waals surface area contributed by atoms with E-state index < -0.39 is 6.23 Å². The maximum absolute atomic E-state index is 11.7. The van der Waals surface area contributed by atoms with E-state index in [9.17, 15) is 9.90 Å². The van der Waals surface area contributed by atoms with Gasteiger partial charge in [0.2, 0.25) is 5.91 Å². The Balaban J connectivity index is 0. The van der Waals surface area contributed by atoms with Gasteiger partial charge in [0.15, 0.2) is 0 Å². The summed E-state index contributed by atoms with van der Waals surface area (Å²) >= 11 is 2.12. The number of hydrogen-bond acceptors (Lipinski definition) is 6. The molecule has 0 aliphatic carbocycles. The highest BCUT2D eigenvalue weighted by molar-refractivity contribution is 14.2. The Kier molecular flexibility index (Phi) is 23.0. The fraction of sp³-hybridized carbons (Fsp3) is 0.679. The van der Waals surface area contributed by atoms with Crippen molar-refractivity contribution in [3.05, 3.63) is 35.4 Å². The summed E-state index contributed by atoms with van der Waals surface area (Å²) < 4.78 is 11.4. The fourth-order valence-corrected chi connectivity index (χ4v) is 5.62. The summed E-state index contributed by atoms with van der Waals surface area (Å²) in [5.74, 6) is 0.351. The number of carbonyl (C=O) groups excluding carboxylic acids is 1. The summed E-state index contributed by atoms with van der Waals surface area (Å²) in [4.78, 5) is 13.9. The second-order valence-corrected chi connectivity index (χ2v) is 9.51. The number of hydrogen-bond donors (Lipinski definition) is 2. The number of likely N-dealkylation sites (tertiary alicyclic amines) is 1. The highest BCUT2D eigenvalue weighted by atomic mass is 127. The molecule has 2 rings (SSSR count). The monoisotopic (exact) mass is 636 g/mol. The van der Waals surface area contributed by atoms with Crippen LogP contribution in [0.25, 0.3) is 0 Å². The first-order chi connectivity index (χ1) is 17.3. The number of carbonyl (C=O) groups is 1. The first kappa shape index (κ1) is 37.3. The lowest BCUT2D eigenvalue weighted by atomic mass is 9.75. The van der Waals surface area contributed by atoms with Gasteiger partial charge in [-0.15, -0.1) is 12.8 Å². The van der Waals surface area contributed by atoms with Crippen molar-refractivity contribution in [2.24, 2.45) is 5.92 Å². The van der Waals surface area contributed by atoms with Crippen LogP contribution in [0.4, 0.5) is 0 Å². The van der Waals surface area contributed by atoms with E-state index in [-0.39, 0.29) is 35.9 Å². The Morgan fingerprint density at radius 2 is 1.83 bits per heavy atom. The molecule has 1 aliphatic rings. The summed E-state index contributed by atoms with van der Waals surface area (Å²) in [5.41, 5.74) is 2.23. The van der Waals surface area contributed by atoms with Crippen LogP contribution in [0, 0.1) is 18.8 Å². The summed E-state index contributed by atoms with van der Waals surface area (Å²) in [6.45, 7) is 17.6. The maximum atomic E-state index is 11.7. The molecular formula is C28H49IN2O4S. The van der Waals surface area contributed by atoms with E-state index in [1.54, 1.807) is 7.05 Å². The number of nitrogens with one attached hydrogen (secondary N) is 1. The van der Waals surface area contributed by atoms with Crippen molar-refractivity contribution in [2.45, 2.75) is 98.6 Å². The van der Waals surface area contributed by atoms with Crippen molar-refractivity contribution in [1.29, 1.82) is 0 Å². The molecule has 0 saturated carbocycles. The predicted octanol–water partition coefficient (Wildman–Crippen LogP) is 6.22. The molecule has 1 aromatic carbocycles. The van der Waals surface area contributed by atoms with E-state index in [1.807, 2.05) is 53.7 Å². The molecule has 5 unspecified atom stereocenters. The van der Waals surface area contributed by atoms with Crippen LogP contribution in [0.3, 0.4) is 0 Å². The average Bonchev–Trinajstić information content (AvgIpc) is 2.90. The second-order valence-electron chi connectivity index (χ2n) is 8.11. The van der Waals surface area contributed by atoms with Crippen molar-refractivity contribution in [1.82, 2.24) is 10.2 Å². The van der Waals surface area contributed by atoms with E-state index in [2.05, 4.69) is 70.2 Å². The van der Waals surface area contributed by atoms with Gasteiger partial charge >= 0.3 is 0 Å². The molecule has 2 N–H and O–H groups in total. The summed E-state index contributed by atoms with van der Waals surface area (Å²) in [6.07, 6.45) is 8.71. The summed E-state index contributed by atoms with van der Waals surface area (Å²) in [7, 11) is 2.98. The number of rotatable bonds is 12. The van der Waals surface area contributed by atoms with Gasteiger partial charge in [-0.3, -0.25) is 9.69 Å². The van der Waals surface area contributed by atoms with Gasteiger partial charge in [-0.05, 0) is 44.2 Å². The molecule has 0 radical (unpaired) electrons. The lowest BCUT2D eigenvalue weighted by molar-refractivity contribution is -0.223. The zero-order valence-corrected chi connectivity index (χ0v) is 26.6. The van der Waals surface area contributed by atoms with Crippen LogP contribution >= 0.6 is 30.4 Å². The summed E-state index contributed by atoms with van der Waals surface area (Å²) in [5, 5.41) is 13.6. The van der Waals surface area contributed by atoms with Crippen LogP contribution < -0.4 is 5.32 Å². The fourth-order valence-electron chi connectivity index (χ4n) is 4.39. The van der Waals surface area contributed by atoms with Gasteiger partial charge in [-0.2, -0.15) is 0 Å².